The number of rotatable bonds is 69. The van der Waals surface area contributed by atoms with Crippen LogP contribution < -0.4 is 10.6 Å². The van der Waals surface area contributed by atoms with Crippen molar-refractivity contribution >= 4 is 49.5 Å². The zero-order chi connectivity index (χ0) is 73.0. The van der Waals surface area contributed by atoms with Crippen LogP contribution in [0.1, 0.15) is 382 Å². The number of phosphoric ester groups is 1. The predicted octanol–water partition coefficient (Wildman–Crippen LogP) is 17.7. The van der Waals surface area contributed by atoms with Crippen LogP contribution in [0, 0.1) is 0 Å². The van der Waals surface area contributed by atoms with E-state index in [1.807, 2.05) is 6.92 Å². The van der Waals surface area contributed by atoms with Crippen molar-refractivity contribution in [3.05, 3.63) is 0 Å². The zero-order valence-corrected chi connectivity index (χ0v) is 63.8. The van der Waals surface area contributed by atoms with Crippen molar-refractivity contribution in [3.63, 3.8) is 0 Å². The minimum atomic E-state index is -5.56. The van der Waals surface area contributed by atoms with Crippen molar-refractivity contribution in [1.29, 1.82) is 0 Å². The maximum absolute atomic E-state index is 14.8. The highest BCUT2D eigenvalue weighted by Crippen LogP contribution is 2.42. The molecule has 1 aliphatic rings. The quantitative estimate of drug-likeness (QED) is 0.0143. The van der Waals surface area contributed by atoms with Crippen molar-refractivity contribution in [2.45, 2.75) is 437 Å². The molecule has 99 heavy (non-hydrogen) atoms. The largest absolute Gasteiger partial charge is 0.480 e. The molecule has 0 aromatic carbocycles. The summed E-state index contributed by atoms with van der Waals surface area (Å²) < 4.78 is 54.5. The topological polar surface area (TPSA) is 306 Å². The second-order valence-electron chi connectivity index (χ2n) is 28.1. The van der Waals surface area contributed by atoms with Gasteiger partial charge < -0.3 is 59.1 Å². The molecule has 0 radical (unpaired) electrons. The number of carboxylic acids is 1. The Labute approximate surface area is 598 Å². The average molecular weight is 1430 g/mol. The van der Waals surface area contributed by atoms with E-state index >= 15 is 0 Å². The first kappa shape index (κ1) is 93.3. The van der Waals surface area contributed by atoms with Gasteiger partial charge in [-0.15, -0.1) is 0 Å². The number of unbranched alkanes of at least 4 members (excludes halogenated alkanes) is 38. The minimum Gasteiger partial charge on any atom is -0.480 e. The van der Waals surface area contributed by atoms with Gasteiger partial charge in [0, 0.05) is 19.3 Å². The highest BCUT2D eigenvalue weighted by Gasteiger charge is 2.52. The molecule has 1 unspecified atom stereocenters. The first-order valence-corrected chi connectivity index (χ1v) is 41.6. The molecule has 2 amide bonds. The molecule has 0 aromatic rings. The lowest BCUT2D eigenvalue weighted by Crippen LogP contribution is -2.66. The van der Waals surface area contributed by atoms with Gasteiger partial charge in [-0.3, -0.25) is 33.3 Å². The van der Waals surface area contributed by atoms with E-state index in [1.54, 1.807) is 0 Å². The van der Waals surface area contributed by atoms with Gasteiger partial charge in [0.1, 0.15) is 36.6 Å². The van der Waals surface area contributed by atoms with Crippen LogP contribution in [0.4, 0.5) is 0 Å². The SMILES string of the molecule is CCCCCCCCCCC[C@H](CC(=O)N[C@@H](COC1O[C@H](CO)[C@@H](OP(=O)(O)O)[C@H](OC(=O)C[C@@H](CCCCCCCCCCC)OC(=O)CCCCC)[C@H]1NC(=O)C[C@@H](CCCCCCCCCCC)OC(=O)CCCCCCCCC)C(=O)O)OC(=O)CCCCCCCCC. The van der Waals surface area contributed by atoms with Crippen LogP contribution in [0.5, 0.6) is 0 Å². The van der Waals surface area contributed by atoms with Gasteiger partial charge in [-0.25, -0.2) is 9.36 Å². The van der Waals surface area contributed by atoms with Gasteiger partial charge in [0.25, 0.3) is 0 Å². The summed E-state index contributed by atoms with van der Waals surface area (Å²) in [4.78, 5) is 117. The summed E-state index contributed by atoms with van der Waals surface area (Å²) in [6.07, 6.45) is 33.5. The van der Waals surface area contributed by atoms with Crippen molar-refractivity contribution in [2.24, 2.45) is 0 Å². The summed E-state index contributed by atoms with van der Waals surface area (Å²) in [5, 5.41) is 26.8. The van der Waals surface area contributed by atoms with E-state index in [2.05, 4.69) is 45.3 Å². The van der Waals surface area contributed by atoms with Crippen LogP contribution in [-0.4, -0.2) is 130 Å². The smallest absolute Gasteiger partial charge is 0.470 e. The molecule has 22 heteroatoms. The van der Waals surface area contributed by atoms with Crippen LogP contribution in [0.2, 0.25) is 0 Å². The molecule has 1 saturated heterocycles. The Morgan fingerprint density at radius 3 is 1.07 bits per heavy atom. The number of phosphoric acid groups is 1. The maximum Gasteiger partial charge on any atom is 0.470 e. The molecule has 0 aromatic heterocycles. The van der Waals surface area contributed by atoms with Crippen LogP contribution in [-0.2, 0) is 71.1 Å². The summed E-state index contributed by atoms with van der Waals surface area (Å²) in [5.74, 6) is -5.57. The third kappa shape index (κ3) is 52.0. The number of hydrogen-bond acceptors (Lipinski definition) is 16. The predicted molar refractivity (Wildman–Crippen MR) is 388 cm³/mol. The van der Waals surface area contributed by atoms with Crippen molar-refractivity contribution in [1.82, 2.24) is 10.6 Å². The molecular weight excluding hydrogens is 1290 g/mol. The maximum atomic E-state index is 14.8. The average Bonchev–Trinajstić information content (AvgIpc) is 0.781. The molecule has 0 aliphatic carbocycles. The Morgan fingerprint density at radius 1 is 0.414 bits per heavy atom. The van der Waals surface area contributed by atoms with E-state index in [0.29, 0.717) is 51.4 Å². The van der Waals surface area contributed by atoms with Gasteiger partial charge in [-0.1, -0.05) is 286 Å². The van der Waals surface area contributed by atoms with Gasteiger partial charge in [0.05, 0.1) is 32.5 Å². The number of aliphatic carboxylic acids is 1. The van der Waals surface area contributed by atoms with E-state index in [-0.39, 0.29) is 32.1 Å². The molecule has 580 valence electrons. The minimum absolute atomic E-state index is 0.111. The molecular formula is C77H143N2O19P. The fourth-order valence-corrected chi connectivity index (χ4v) is 13.4. The van der Waals surface area contributed by atoms with E-state index in [4.69, 9.17) is 32.9 Å². The number of hydrogen-bond donors (Lipinski definition) is 6. The normalized spacial score (nSPS) is 17.5. The number of amides is 2. The lowest BCUT2D eigenvalue weighted by atomic mass is 9.95. The zero-order valence-electron chi connectivity index (χ0n) is 62.9. The van der Waals surface area contributed by atoms with Gasteiger partial charge in [-0.05, 0) is 57.8 Å². The Bertz CT molecular complexity index is 2100. The number of aliphatic hydroxyl groups excluding tert-OH is 1. The van der Waals surface area contributed by atoms with Gasteiger partial charge >= 0.3 is 37.7 Å². The Balaban J connectivity index is 3.82. The van der Waals surface area contributed by atoms with E-state index in [9.17, 15) is 58.1 Å². The fraction of sp³-hybridized carbons (Fsp3) is 0.909. The van der Waals surface area contributed by atoms with Crippen LogP contribution in [0.25, 0.3) is 0 Å². The van der Waals surface area contributed by atoms with Gasteiger partial charge in [-0.2, -0.15) is 0 Å². The summed E-state index contributed by atoms with van der Waals surface area (Å²) in [7, 11) is -5.56. The number of aliphatic hydroxyl groups is 1. The van der Waals surface area contributed by atoms with Crippen LogP contribution >= 0.6 is 7.82 Å². The summed E-state index contributed by atoms with van der Waals surface area (Å²) in [6.45, 7) is 10.9. The van der Waals surface area contributed by atoms with E-state index in [1.165, 1.54) is 44.9 Å². The second kappa shape index (κ2) is 62.8. The number of ether oxygens (including phenoxy) is 6. The van der Waals surface area contributed by atoms with Crippen molar-refractivity contribution in [3.8, 4) is 0 Å². The molecule has 6 N–H and O–H groups in total. The number of carbonyl (C=O) groups excluding carboxylic acids is 6. The van der Waals surface area contributed by atoms with Gasteiger partial charge in [0.15, 0.2) is 18.4 Å². The molecule has 1 rings (SSSR count). The number of carbonyl (C=O) groups is 7. The van der Waals surface area contributed by atoms with E-state index in [0.717, 1.165) is 199 Å². The standard InChI is InChI=1S/C77H143N2O19P/c1-7-13-19-24-29-32-37-40-46-51-62(93-70(84)55-49-43-35-27-22-16-10-4)57-67(81)78-65(76(87)88)61-92-77-73(79-68(82)58-63(52-47-41-38-33-30-25-20-14-8-2)94-71(85)56-50-44-36-28-23-17-11-5)75(74(66(60-80)96-77)98-99(89,90)91)97-72(86)59-64(95-69(83)54-45-18-12-6)53-48-42-39-34-31-26-21-15-9-3/h62-66,73-75,77,80H,7-61H2,1-6H3,(H,78,81)(H,79,82)(H,87,88)(H2,89,90,91)/t62-,63-,64-,65+,66-,73-,74-,75-,77?/m1/s1. The highest BCUT2D eigenvalue weighted by molar-refractivity contribution is 7.46. The second-order valence-corrected chi connectivity index (χ2v) is 29.3. The third-order valence-electron chi connectivity index (χ3n) is 18.7. The lowest BCUT2D eigenvalue weighted by molar-refractivity contribution is -0.272. The monoisotopic (exact) mass is 1430 g/mol. The van der Waals surface area contributed by atoms with Crippen LogP contribution in [0.15, 0.2) is 0 Å². The molecule has 1 heterocycles. The molecule has 1 aliphatic heterocycles. The molecule has 21 nitrogen and oxygen atoms in total. The molecule has 0 bridgehead atoms. The molecule has 9 atom stereocenters. The Hall–Kier alpha value is -3.72. The summed E-state index contributed by atoms with van der Waals surface area (Å²) >= 11 is 0. The summed E-state index contributed by atoms with van der Waals surface area (Å²) in [5.41, 5.74) is 0. The van der Waals surface area contributed by atoms with E-state index < -0.39 is 131 Å². The number of esters is 4. The fourth-order valence-electron chi connectivity index (χ4n) is 12.8. The summed E-state index contributed by atoms with van der Waals surface area (Å²) in [6, 6.07) is -3.59. The molecule has 0 spiro atoms. The van der Waals surface area contributed by atoms with Gasteiger partial charge in [0.2, 0.25) is 11.8 Å². The highest BCUT2D eigenvalue weighted by atomic mass is 31.2. The Morgan fingerprint density at radius 2 is 0.727 bits per heavy atom. The molecule has 0 saturated carbocycles. The first-order chi connectivity index (χ1) is 47.8. The third-order valence-corrected chi connectivity index (χ3v) is 19.2. The van der Waals surface area contributed by atoms with Crippen molar-refractivity contribution < 1.29 is 91.1 Å². The number of carboxylic acid groups (broad SMARTS) is 1. The van der Waals surface area contributed by atoms with Crippen molar-refractivity contribution in [2.75, 3.05) is 13.2 Å². The Kier molecular flexibility index (Phi) is 59.2. The lowest BCUT2D eigenvalue weighted by Gasteiger charge is -2.45. The first-order valence-electron chi connectivity index (χ1n) is 40.1. The van der Waals surface area contributed by atoms with Crippen LogP contribution in [0.3, 0.4) is 0 Å². The number of nitrogens with one attached hydrogen (secondary N) is 2. The molecule has 1 fully saturated rings.